The van der Waals surface area contributed by atoms with Crippen LogP contribution in [0.5, 0.6) is 0 Å². The second kappa shape index (κ2) is 6.63. The van der Waals surface area contributed by atoms with Crippen molar-refractivity contribution in [1.82, 2.24) is 10.3 Å². The minimum atomic E-state index is -0.133. The second-order valence-corrected chi connectivity index (χ2v) is 5.44. The molecule has 0 saturated carbocycles. The van der Waals surface area contributed by atoms with Crippen LogP contribution >= 0.6 is 23.4 Å². The van der Waals surface area contributed by atoms with Crippen molar-refractivity contribution in [1.29, 1.82) is 0 Å². The molecular formula is C14H14ClN3OS. The number of halogens is 1. The molecule has 0 unspecified atom stereocenters. The Bertz CT molecular complexity index is 634. The standard InChI is InChI=1S/C14H14ClN3OS/c1-2-17-13(19)9-5-6-12(11(16)8-9)20-14-10(15)4-3-7-18-14/h3-8H,2,16H2,1H3,(H,17,19). The number of hydrogen-bond donors (Lipinski definition) is 2. The number of hydrogen-bond acceptors (Lipinski definition) is 4. The van der Waals surface area contributed by atoms with Gasteiger partial charge in [0.25, 0.3) is 5.91 Å². The first kappa shape index (κ1) is 14.7. The fourth-order valence-corrected chi connectivity index (χ4v) is 2.63. The summed E-state index contributed by atoms with van der Waals surface area (Å²) in [4.78, 5) is 16.7. The predicted molar refractivity (Wildman–Crippen MR) is 82.2 cm³/mol. The SMILES string of the molecule is CCNC(=O)c1ccc(Sc2ncccc2Cl)c(N)c1. The quantitative estimate of drug-likeness (QED) is 0.851. The van der Waals surface area contributed by atoms with Crippen LogP contribution in [0.2, 0.25) is 5.02 Å². The Balaban J connectivity index is 2.22. The van der Waals surface area contributed by atoms with Gasteiger partial charge in [-0.05, 0) is 37.3 Å². The predicted octanol–water partition coefficient (Wildman–Crippen LogP) is 3.22. The molecule has 0 atom stereocenters. The maximum Gasteiger partial charge on any atom is 0.251 e. The molecule has 20 heavy (non-hydrogen) atoms. The number of nitrogens with zero attached hydrogens (tertiary/aromatic N) is 1. The van der Waals surface area contributed by atoms with Crippen LogP contribution in [0.15, 0.2) is 46.5 Å². The average Bonchev–Trinajstić information content (AvgIpc) is 2.43. The zero-order valence-corrected chi connectivity index (χ0v) is 12.5. The number of nitrogen functional groups attached to an aromatic ring is 1. The van der Waals surface area contributed by atoms with Crippen LogP contribution in [-0.2, 0) is 0 Å². The Morgan fingerprint density at radius 3 is 2.90 bits per heavy atom. The number of anilines is 1. The lowest BCUT2D eigenvalue weighted by Crippen LogP contribution is -2.22. The van der Waals surface area contributed by atoms with E-state index in [0.717, 1.165) is 4.90 Å². The molecule has 2 rings (SSSR count). The monoisotopic (exact) mass is 307 g/mol. The van der Waals surface area contributed by atoms with Crippen LogP contribution in [0.1, 0.15) is 17.3 Å². The van der Waals surface area contributed by atoms with Gasteiger partial charge >= 0.3 is 0 Å². The van der Waals surface area contributed by atoms with E-state index >= 15 is 0 Å². The fraction of sp³-hybridized carbons (Fsp3) is 0.143. The molecule has 1 aromatic carbocycles. The number of pyridine rings is 1. The molecule has 0 aliphatic carbocycles. The molecular weight excluding hydrogens is 294 g/mol. The Kier molecular flexibility index (Phi) is 4.87. The first-order chi connectivity index (χ1) is 9.61. The van der Waals surface area contributed by atoms with Crippen molar-refractivity contribution in [3.8, 4) is 0 Å². The molecule has 0 radical (unpaired) electrons. The van der Waals surface area contributed by atoms with E-state index in [1.54, 1.807) is 36.5 Å². The highest BCUT2D eigenvalue weighted by atomic mass is 35.5. The highest BCUT2D eigenvalue weighted by molar-refractivity contribution is 7.99. The normalized spacial score (nSPS) is 10.3. The van der Waals surface area contributed by atoms with E-state index in [4.69, 9.17) is 17.3 Å². The number of aromatic nitrogens is 1. The highest BCUT2D eigenvalue weighted by Gasteiger charge is 2.10. The van der Waals surface area contributed by atoms with Gasteiger partial charge in [0.05, 0.1) is 5.02 Å². The van der Waals surface area contributed by atoms with Crippen molar-refractivity contribution in [2.24, 2.45) is 0 Å². The number of rotatable bonds is 4. The van der Waals surface area contributed by atoms with Gasteiger partial charge in [0.2, 0.25) is 0 Å². The van der Waals surface area contributed by atoms with E-state index in [9.17, 15) is 4.79 Å². The molecule has 2 aromatic rings. The van der Waals surface area contributed by atoms with Crippen molar-refractivity contribution in [2.75, 3.05) is 12.3 Å². The van der Waals surface area contributed by atoms with E-state index in [2.05, 4.69) is 10.3 Å². The van der Waals surface area contributed by atoms with Crippen LogP contribution in [0.4, 0.5) is 5.69 Å². The summed E-state index contributed by atoms with van der Waals surface area (Å²) in [5, 5.41) is 3.99. The van der Waals surface area contributed by atoms with Crippen LogP contribution in [-0.4, -0.2) is 17.4 Å². The highest BCUT2D eigenvalue weighted by Crippen LogP contribution is 2.34. The third-order valence-corrected chi connectivity index (χ3v) is 4.07. The van der Waals surface area contributed by atoms with E-state index in [1.807, 2.05) is 6.92 Å². The molecule has 1 amide bonds. The van der Waals surface area contributed by atoms with Gasteiger partial charge in [-0.2, -0.15) is 0 Å². The fourth-order valence-electron chi connectivity index (χ4n) is 1.60. The van der Waals surface area contributed by atoms with Crippen molar-refractivity contribution >= 4 is 35.0 Å². The molecule has 0 fully saturated rings. The molecule has 4 nitrogen and oxygen atoms in total. The number of carbonyl (C=O) groups excluding carboxylic acids is 1. The smallest absolute Gasteiger partial charge is 0.251 e. The molecule has 1 heterocycles. The Morgan fingerprint density at radius 2 is 2.25 bits per heavy atom. The molecule has 0 bridgehead atoms. The minimum Gasteiger partial charge on any atom is -0.398 e. The lowest BCUT2D eigenvalue weighted by Gasteiger charge is -2.08. The first-order valence-electron chi connectivity index (χ1n) is 6.08. The minimum absolute atomic E-state index is 0.133. The van der Waals surface area contributed by atoms with Crippen molar-refractivity contribution in [2.45, 2.75) is 16.8 Å². The van der Waals surface area contributed by atoms with Crippen molar-refractivity contribution in [3.63, 3.8) is 0 Å². The molecule has 104 valence electrons. The summed E-state index contributed by atoms with van der Waals surface area (Å²) in [6.07, 6.45) is 1.67. The lowest BCUT2D eigenvalue weighted by atomic mass is 10.2. The van der Waals surface area contributed by atoms with E-state index in [0.29, 0.717) is 27.8 Å². The molecule has 0 spiro atoms. The van der Waals surface area contributed by atoms with Gasteiger partial charge in [0, 0.05) is 28.9 Å². The molecule has 0 aliphatic rings. The molecule has 1 aromatic heterocycles. The molecule has 3 N–H and O–H groups in total. The van der Waals surface area contributed by atoms with Crippen molar-refractivity contribution < 1.29 is 4.79 Å². The van der Waals surface area contributed by atoms with Gasteiger partial charge in [0.15, 0.2) is 0 Å². The Labute approximate surface area is 126 Å². The Morgan fingerprint density at radius 1 is 1.45 bits per heavy atom. The molecule has 6 heteroatoms. The topological polar surface area (TPSA) is 68.0 Å². The van der Waals surface area contributed by atoms with Gasteiger partial charge < -0.3 is 11.1 Å². The number of nitrogens with one attached hydrogen (secondary N) is 1. The number of carbonyl (C=O) groups is 1. The van der Waals surface area contributed by atoms with Gasteiger partial charge in [-0.25, -0.2) is 4.98 Å². The summed E-state index contributed by atoms with van der Waals surface area (Å²) in [6.45, 7) is 2.45. The Hall–Kier alpha value is -1.72. The maximum atomic E-state index is 11.7. The van der Waals surface area contributed by atoms with Gasteiger partial charge in [-0.3, -0.25) is 4.79 Å². The molecule has 0 saturated heterocycles. The zero-order chi connectivity index (χ0) is 14.5. The lowest BCUT2D eigenvalue weighted by molar-refractivity contribution is 0.0956. The summed E-state index contributed by atoms with van der Waals surface area (Å²) < 4.78 is 0. The van der Waals surface area contributed by atoms with Crippen LogP contribution in [0.25, 0.3) is 0 Å². The van der Waals surface area contributed by atoms with E-state index < -0.39 is 0 Å². The summed E-state index contributed by atoms with van der Waals surface area (Å²) in [6, 6.07) is 8.74. The van der Waals surface area contributed by atoms with Gasteiger partial charge in [-0.1, -0.05) is 23.4 Å². The summed E-state index contributed by atoms with van der Waals surface area (Å²) in [7, 11) is 0. The number of nitrogens with two attached hydrogens (primary N) is 1. The zero-order valence-electron chi connectivity index (χ0n) is 10.9. The largest absolute Gasteiger partial charge is 0.398 e. The van der Waals surface area contributed by atoms with Gasteiger partial charge in [0.1, 0.15) is 5.03 Å². The third kappa shape index (κ3) is 3.43. The third-order valence-electron chi connectivity index (χ3n) is 2.54. The van der Waals surface area contributed by atoms with E-state index in [-0.39, 0.29) is 5.91 Å². The average molecular weight is 308 g/mol. The summed E-state index contributed by atoms with van der Waals surface area (Å²) in [5.74, 6) is -0.133. The van der Waals surface area contributed by atoms with Gasteiger partial charge in [-0.15, -0.1) is 0 Å². The number of benzene rings is 1. The summed E-state index contributed by atoms with van der Waals surface area (Å²) >= 11 is 7.44. The van der Waals surface area contributed by atoms with E-state index in [1.165, 1.54) is 11.8 Å². The van der Waals surface area contributed by atoms with Crippen LogP contribution < -0.4 is 11.1 Å². The van der Waals surface area contributed by atoms with Crippen LogP contribution in [0, 0.1) is 0 Å². The maximum absolute atomic E-state index is 11.7. The van der Waals surface area contributed by atoms with Crippen LogP contribution in [0.3, 0.4) is 0 Å². The van der Waals surface area contributed by atoms with Crippen molar-refractivity contribution in [3.05, 3.63) is 47.1 Å². The molecule has 0 aliphatic heterocycles. The first-order valence-corrected chi connectivity index (χ1v) is 7.27. The summed E-state index contributed by atoms with van der Waals surface area (Å²) in [5.41, 5.74) is 7.05. The second-order valence-electron chi connectivity index (χ2n) is 4.00. The number of amides is 1.